The van der Waals surface area contributed by atoms with E-state index in [9.17, 15) is 0 Å². The van der Waals surface area contributed by atoms with Crippen LogP contribution < -0.4 is 10.6 Å². The number of hydrogen-bond donors (Lipinski definition) is 2. The minimum Gasteiger partial charge on any atom is -0.383 e. The van der Waals surface area contributed by atoms with E-state index in [0.29, 0.717) is 6.04 Å². The highest BCUT2D eigenvalue weighted by Crippen LogP contribution is 2.37. The zero-order valence-electron chi connectivity index (χ0n) is 9.84. The number of ether oxygens (including phenoxy) is 1. The van der Waals surface area contributed by atoms with E-state index >= 15 is 0 Å². The van der Waals surface area contributed by atoms with Gasteiger partial charge in [0, 0.05) is 12.0 Å². The summed E-state index contributed by atoms with van der Waals surface area (Å²) >= 11 is 0. The maximum atomic E-state index is 5.59. The molecular formula is C13H18N2O. The maximum absolute atomic E-state index is 5.59. The van der Waals surface area contributed by atoms with Gasteiger partial charge < -0.3 is 15.4 Å². The van der Waals surface area contributed by atoms with Crippen molar-refractivity contribution in [3.63, 3.8) is 0 Å². The van der Waals surface area contributed by atoms with Gasteiger partial charge in [-0.25, -0.2) is 0 Å². The number of hydrogen-bond acceptors (Lipinski definition) is 3. The minimum absolute atomic E-state index is 0.201. The average molecular weight is 218 g/mol. The van der Waals surface area contributed by atoms with Gasteiger partial charge in [-0.1, -0.05) is 13.0 Å². The third-order valence-electron chi connectivity index (χ3n) is 3.75. The van der Waals surface area contributed by atoms with Crippen molar-refractivity contribution in [2.75, 3.05) is 30.4 Å². The predicted octanol–water partition coefficient (Wildman–Crippen LogP) is 2.24. The lowest BCUT2D eigenvalue weighted by Crippen LogP contribution is -2.40. The van der Waals surface area contributed by atoms with E-state index in [1.165, 1.54) is 16.9 Å². The number of fused-ring (bicyclic) bond motifs is 2. The highest BCUT2D eigenvalue weighted by molar-refractivity contribution is 5.71. The maximum Gasteiger partial charge on any atom is 0.0675 e. The molecule has 0 amide bonds. The SMILES string of the molecule is Cc1ccc2c(c1)NC1COCC1(C)CN2. The third-order valence-corrected chi connectivity index (χ3v) is 3.75. The standard InChI is InChI=1S/C13H18N2O/c1-9-3-4-10-11(5-9)15-12-6-16-8-13(12,2)7-14-10/h3-5,12,14-15H,6-8H2,1-2H3. The third kappa shape index (κ3) is 1.47. The Balaban J connectivity index is 1.98. The van der Waals surface area contributed by atoms with E-state index < -0.39 is 0 Å². The van der Waals surface area contributed by atoms with Crippen LogP contribution in [0, 0.1) is 12.3 Å². The Morgan fingerprint density at radius 1 is 1.38 bits per heavy atom. The van der Waals surface area contributed by atoms with Crippen LogP contribution in [0.4, 0.5) is 11.4 Å². The van der Waals surface area contributed by atoms with Crippen LogP contribution in [0.3, 0.4) is 0 Å². The summed E-state index contributed by atoms with van der Waals surface area (Å²) in [6.07, 6.45) is 0. The fraction of sp³-hybridized carbons (Fsp3) is 0.538. The van der Waals surface area contributed by atoms with Crippen LogP contribution in [0.15, 0.2) is 18.2 Å². The Bertz CT molecular complexity index is 418. The van der Waals surface area contributed by atoms with Gasteiger partial charge >= 0.3 is 0 Å². The summed E-state index contributed by atoms with van der Waals surface area (Å²) in [5, 5.41) is 7.14. The molecular weight excluding hydrogens is 200 g/mol. The first-order valence-electron chi connectivity index (χ1n) is 5.86. The predicted molar refractivity (Wildman–Crippen MR) is 66.0 cm³/mol. The zero-order valence-corrected chi connectivity index (χ0v) is 9.84. The first-order chi connectivity index (χ1) is 7.67. The fourth-order valence-electron chi connectivity index (χ4n) is 2.52. The van der Waals surface area contributed by atoms with Gasteiger partial charge in [-0.15, -0.1) is 0 Å². The first kappa shape index (κ1) is 9.97. The van der Waals surface area contributed by atoms with Gasteiger partial charge in [-0.3, -0.25) is 0 Å². The Morgan fingerprint density at radius 2 is 2.25 bits per heavy atom. The highest BCUT2D eigenvalue weighted by Gasteiger charge is 2.41. The lowest BCUT2D eigenvalue weighted by Gasteiger charge is -2.27. The smallest absolute Gasteiger partial charge is 0.0675 e. The molecule has 2 unspecified atom stereocenters. The molecule has 2 N–H and O–H groups in total. The second-order valence-electron chi connectivity index (χ2n) is 5.27. The van der Waals surface area contributed by atoms with E-state index in [1.54, 1.807) is 0 Å². The summed E-state index contributed by atoms with van der Waals surface area (Å²) < 4.78 is 5.59. The molecule has 2 heterocycles. The lowest BCUT2D eigenvalue weighted by molar-refractivity contribution is 0.164. The molecule has 2 atom stereocenters. The van der Waals surface area contributed by atoms with Gasteiger partial charge in [0.2, 0.25) is 0 Å². The Morgan fingerprint density at radius 3 is 3.12 bits per heavy atom. The van der Waals surface area contributed by atoms with Gasteiger partial charge in [-0.05, 0) is 24.6 Å². The zero-order chi connectivity index (χ0) is 11.2. The van der Waals surface area contributed by atoms with E-state index in [0.717, 1.165) is 19.8 Å². The van der Waals surface area contributed by atoms with Crippen LogP contribution in [-0.2, 0) is 4.74 Å². The molecule has 0 bridgehead atoms. The number of benzene rings is 1. The van der Waals surface area contributed by atoms with Gasteiger partial charge in [0.25, 0.3) is 0 Å². The minimum atomic E-state index is 0.201. The lowest BCUT2D eigenvalue weighted by atomic mass is 9.85. The van der Waals surface area contributed by atoms with E-state index in [2.05, 4.69) is 42.7 Å². The van der Waals surface area contributed by atoms with Crippen molar-refractivity contribution >= 4 is 11.4 Å². The first-order valence-corrected chi connectivity index (χ1v) is 5.86. The van der Waals surface area contributed by atoms with Crippen molar-refractivity contribution in [2.24, 2.45) is 5.41 Å². The second-order valence-corrected chi connectivity index (χ2v) is 5.27. The molecule has 1 saturated heterocycles. The van der Waals surface area contributed by atoms with Crippen LogP contribution >= 0.6 is 0 Å². The largest absolute Gasteiger partial charge is 0.383 e. The Hall–Kier alpha value is -1.22. The summed E-state index contributed by atoms with van der Waals surface area (Å²) in [6.45, 7) is 7.03. The Kier molecular flexibility index (Phi) is 2.11. The summed E-state index contributed by atoms with van der Waals surface area (Å²) in [5.41, 5.74) is 3.91. The van der Waals surface area contributed by atoms with E-state index in [-0.39, 0.29) is 5.41 Å². The van der Waals surface area contributed by atoms with Gasteiger partial charge in [0.1, 0.15) is 0 Å². The summed E-state index contributed by atoms with van der Waals surface area (Å²) in [7, 11) is 0. The normalized spacial score (nSPS) is 32.0. The molecule has 16 heavy (non-hydrogen) atoms. The molecule has 1 fully saturated rings. The number of nitrogens with one attached hydrogen (secondary N) is 2. The molecule has 86 valence electrons. The molecule has 2 aliphatic rings. The summed E-state index contributed by atoms with van der Waals surface area (Å²) in [4.78, 5) is 0. The van der Waals surface area contributed by atoms with Gasteiger partial charge in [0.15, 0.2) is 0 Å². The highest BCUT2D eigenvalue weighted by atomic mass is 16.5. The number of rotatable bonds is 0. The Labute approximate surface area is 96.2 Å². The van der Waals surface area contributed by atoms with E-state index in [1.807, 2.05) is 0 Å². The molecule has 0 radical (unpaired) electrons. The molecule has 0 saturated carbocycles. The molecule has 3 heteroatoms. The van der Waals surface area contributed by atoms with Crippen molar-refractivity contribution < 1.29 is 4.74 Å². The topological polar surface area (TPSA) is 33.3 Å². The molecule has 1 aromatic carbocycles. The molecule has 0 spiro atoms. The van der Waals surface area contributed by atoms with Crippen molar-refractivity contribution in [1.82, 2.24) is 0 Å². The fourth-order valence-corrected chi connectivity index (χ4v) is 2.52. The van der Waals surface area contributed by atoms with Crippen molar-refractivity contribution in [2.45, 2.75) is 19.9 Å². The van der Waals surface area contributed by atoms with Crippen LogP contribution in [0.1, 0.15) is 12.5 Å². The summed E-state index contributed by atoms with van der Waals surface area (Å²) in [5.74, 6) is 0. The van der Waals surface area contributed by atoms with Crippen molar-refractivity contribution in [3.8, 4) is 0 Å². The molecule has 2 aliphatic heterocycles. The molecule has 0 aromatic heterocycles. The monoisotopic (exact) mass is 218 g/mol. The van der Waals surface area contributed by atoms with Crippen LogP contribution in [0.2, 0.25) is 0 Å². The van der Waals surface area contributed by atoms with Gasteiger partial charge in [0.05, 0.1) is 30.6 Å². The van der Waals surface area contributed by atoms with E-state index in [4.69, 9.17) is 4.74 Å². The quantitative estimate of drug-likeness (QED) is 0.700. The van der Waals surface area contributed by atoms with Crippen LogP contribution in [0.25, 0.3) is 0 Å². The molecule has 3 rings (SSSR count). The number of anilines is 2. The summed E-state index contributed by atoms with van der Waals surface area (Å²) in [6, 6.07) is 6.92. The average Bonchev–Trinajstić information content (AvgIpc) is 2.54. The van der Waals surface area contributed by atoms with Gasteiger partial charge in [-0.2, -0.15) is 0 Å². The van der Waals surface area contributed by atoms with Crippen molar-refractivity contribution in [1.29, 1.82) is 0 Å². The van der Waals surface area contributed by atoms with Crippen LogP contribution in [-0.4, -0.2) is 25.8 Å². The second kappa shape index (κ2) is 3.39. The molecule has 3 nitrogen and oxygen atoms in total. The van der Waals surface area contributed by atoms with Crippen molar-refractivity contribution in [3.05, 3.63) is 23.8 Å². The van der Waals surface area contributed by atoms with Crippen LogP contribution in [0.5, 0.6) is 0 Å². The molecule has 1 aromatic rings. The molecule has 0 aliphatic carbocycles. The number of aryl methyl sites for hydroxylation is 1.